The highest BCUT2D eigenvalue weighted by Crippen LogP contribution is 2.34. The van der Waals surface area contributed by atoms with Gasteiger partial charge in [-0.3, -0.25) is 0 Å². The third kappa shape index (κ3) is 38.3. The van der Waals surface area contributed by atoms with Crippen LogP contribution in [0.3, 0.4) is 0 Å². The second-order valence-corrected chi connectivity index (χ2v) is 66.5. The molecule has 0 amide bonds. The van der Waals surface area contributed by atoms with Gasteiger partial charge in [-0.2, -0.15) is 0 Å². The number of hydrogen-bond acceptors (Lipinski definition) is 16. The van der Waals surface area contributed by atoms with Crippen LogP contribution in [0, 0.1) is 5.82 Å². The predicted octanol–water partition coefficient (Wildman–Crippen LogP) is 17.3. The molecule has 0 N–H and O–H groups in total. The third-order valence-corrected chi connectivity index (χ3v) is 37.0. The number of rotatable bonds is 44. The SMILES string of the molecule is COCOc1c(Cc2ccccc2)cc(Cc2ccccc2)cc1Pc1ccc(F)cc1CN(C)C.COCOc1c(OC)cccc1Pc1ccccc1CN(C)C.COCOc1c(Pc2ccccc2CN(C)C)cc([Si](C)(C)C)cc1[Si](C)(C)C.COCOc1c(Pc2ccccc2CN(C)C)cccc1[Si](C)(C)C.COCOc1ccc([Si](C)(C)C)cc1Pc1ccccc1CN(C)C. The van der Waals surface area contributed by atoms with Crippen LogP contribution >= 0.6 is 42.9 Å². The predicted molar refractivity (Wildman–Crippen MR) is 609 cm³/mol. The molecular weight excluding hydrogens is 1880 g/mol. The van der Waals surface area contributed by atoms with Gasteiger partial charge in [0.15, 0.2) is 45.5 Å². The van der Waals surface area contributed by atoms with E-state index < -0.39 is 32.3 Å². The molecule has 12 rings (SSSR count). The minimum atomic E-state index is -1.59. The zero-order valence-electron chi connectivity index (χ0n) is 87.3. The van der Waals surface area contributed by atoms with Crippen LogP contribution in [0.1, 0.15) is 50.1 Å². The van der Waals surface area contributed by atoms with Crippen LogP contribution in [0.5, 0.6) is 34.5 Å². The van der Waals surface area contributed by atoms with Crippen molar-refractivity contribution in [3.05, 3.63) is 311 Å². The normalized spacial score (nSPS) is 12.0. The summed E-state index contributed by atoms with van der Waals surface area (Å²) in [4.78, 5) is 10.9. The van der Waals surface area contributed by atoms with E-state index in [1.165, 1.54) is 96.8 Å². The van der Waals surface area contributed by atoms with Gasteiger partial charge in [0.25, 0.3) is 0 Å². The summed E-state index contributed by atoms with van der Waals surface area (Å²) in [6, 6.07) is 89.4. The largest absolute Gasteiger partial charge is 0.493 e. The lowest BCUT2D eigenvalue weighted by Gasteiger charge is -2.28. The maximum Gasteiger partial charge on any atom is 0.188 e. The Kier molecular flexibility index (Phi) is 48.4. The van der Waals surface area contributed by atoms with E-state index in [2.05, 4.69) is 372 Å². The van der Waals surface area contributed by atoms with Crippen molar-refractivity contribution < 1.29 is 56.5 Å². The Morgan fingerprint density at radius 2 is 0.587 bits per heavy atom. The summed E-state index contributed by atoms with van der Waals surface area (Å²) < 4.78 is 75.6. The number of para-hydroxylation sites is 2. The highest BCUT2D eigenvalue weighted by Gasteiger charge is 2.30. The molecule has 0 heterocycles. The van der Waals surface area contributed by atoms with E-state index in [-0.39, 0.29) is 33.0 Å². The standard InChI is InChI=1S/C31H33FNO2P.C23H38NO2PSi2.2C20H30NO2PSi.C18H24NO3P/c1-33(2)21-27-20-28(32)14-15-29(27)36-30-19-25(16-23-10-6-4-7-11-23)18-26(31(30)35-22-34-3)17-24-12-8-5-9-13-24;1-24(2)16-18-12-10-11-13-20(18)27-21-14-19(28(4,5)6)15-22(29(7,8)9)23(21)26-17-25-3;1-21(2)14-16-10-7-8-11-17(16)24-18-12-9-13-19(25(4,5)6)20(18)23-15-22-3;1-21(2)14-16-9-7-8-10-19(16)24-20-13-17(25(4,5)6)11-12-18(20)23-15-22-3;1-19(2)12-14-8-5-6-10-16(14)23-17-11-7-9-15(21-4)18(17)22-13-20-3/h4-15,18-20,36H,16-17,21-22H2,1-3H3;10-15,27H,16-17H2,1-9H3;2*7-13,24H,14-15H2,1-6H3;5-11,23H,12-13H2,1-4H3. The molecule has 0 saturated heterocycles. The van der Waals surface area contributed by atoms with Crippen LogP contribution in [-0.4, -0.2) is 204 Å². The molecule has 16 nitrogen and oxygen atoms in total. The van der Waals surface area contributed by atoms with E-state index in [1.54, 1.807) is 54.8 Å². The summed E-state index contributed by atoms with van der Waals surface area (Å²) in [7, 11) is 27.4. The minimum absolute atomic E-state index is 0.172. The molecule has 12 aromatic rings. The van der Waals surface area contributed by atoms with Gasteiger partial charge >= 0.3 is 0 Å². The molecule has 0 fully saturated rings. The van der Waals surface area contributed by atoms with E-state index in [1.807, 2.05) is 44.4 Å². The maximum absolute atomic E-state index is 14.1. The van der Waals surface area contributed by atoms with Crippen molar-refractivity contribution in [1.82, 2.24) is 24.5 Å². The first kappa shape index (κ1) is 115. The monoisotopic (exact) mass is 2030 g/mol. The smallest absolute Gasteiger partial charge is 0.188 e. The summed E-state index contributed by atoms with van der Waals surface area (Å²) in [5.41, 5.74) is 11.3. The molecule has 0 saturated carbocycles. The van der Waals surface area contributed by atoms with Gasteiger partial charge in [0.1, 0.15) is 28.8 Å². The number of ether oxygens (including phenoxy) is 11. The van der Waals surface area contributed by atoms with E-state index in [9.17, 15) is 4.39 Å². The first-order valence-electron chi connectivity index (χ1n) is 46.9. The lowest BCUT2D eigenvalue weighted by Crippen LogP contribution is -2.48. The molecule has 26 heteroatoms. The Bertz CT molecular complexity index is 5650. The Morgan fingerprint density at radius 3 is 1.01 bits per heavy atom. The van der Waals surface area contributed by atoms with Gasteiger partial charge in [0.05, 0.1) is 39.4 Å². The van der Waals surface area contributed by atoms with E-state index in [0.717, 1.165) is 101 Å². The fraction of sp³-hybridized carbons (Fsp3) is 0.357. The lowest BCUT2D eigenvalue weighted by molar-refractivity contribution is 0.0499. The van der Waals surface area contributed by atoms with Crippen molar-refractivity contribution >= 4 is 149 Å². The topological polar surface area (TPSA) is 118 Å². The van der Waals surface area contributed by atoms with Crippen molar-refractivity contribution in [2.45, 2.75) is 124 Å². The first-order chi connectivity index (χ1) is 65.7. The molecular formula is C112H155FN5O11P5Si4. The maximum atomic E-state index is 14.1. The second-order valence-electron chi connectivity index (χ2n) is 39.6. The molecule has 12 aromatic carbocycles. The number of methoxy groups -OCH3 is 6. The van der Waals surface area contributed by atoms with Crippen LogP contribution in [0.4, 0.5) is 4.39 Å². The lowest BCUT2D eigenvalue weighted by atomic mass is 9.98. The fourth-order valence-electron chi connectivity index (χ4n) is 15.2. The van der Waals surface area contributed by atoms with Crippen LogP contribution in [0.25, 0.3) is 0 Å². The summed E-state index contributed by atoms with van der Waals surface area (Å²) in [6.45, 7) is 34.4. The highest BCUT2D eigenvalue weighted by molar-refractivity contribution is 7.57. The van der Waals surface area contributed by atoms with Gasteiger partial charge in [-0.1, -0.05) is 356 Å². The molecule has 0 aromatic heterocycles. The average molecular weight is 2030 g/mol. The number of halogens is 1. The summed E-state index contributed by atoms with van der Waals surface area (Å²) in [6.07, 6.45) is 1.59. The molecule has 0 bridgehead atoms. The zero-order chi connectivity index (χ0) is 101. The van der Waals surface area contributed by atoms with E-state index in [0.29, 0.717) is 56.2 Å². The quantitative estimate of drug-likeness (QED) is 0.0205. The van der Waals surface area contributed by atoms with E-state index in [4.69, 9.17) is 52.1 Å². The number of hydrogen-bond donors (Lipinski definition) is 0. The van der Waals surface area contributed by atoms with E-state index >= 15 is 0 Å². The van der Waals surface area contributed by atoms with Crippen molar-refractivity contribution in [3.8, 4) is 34.5 Å². The molecule has 742 valence electrons. The first-order valence-corrected chi connectivity index (χ1v) is 65.9. The zero-order valence-corrected chi connectivity index (χ0v) is 96.3. The van der Waals surface area contributed by atoms with Crippen molar-refractivity contribution in [2.75, 3.05) is 147 Å². The number of benzene rings is 12. The highest BCUT2D eigenvalue weighted by atomic mass is 31.1. The van der Waals surface area contributed by atoms with Crippen LogP contribution in [0.2, 0.25) is 78.6 Å². The Labute approximate surface area is 840 Å². The summed E-state index contributed by atoms with van der Waals surface area (Å²) in [5.74, 6) is 5.16. The van der Waals surface area contributed by atoms with Gasteiger partial charge in [-0.15, -0.1) is 0 Å². The molecule has 0 aliphatic carbocycles. The van der Waals surface area contributed by atoms with Crippen LogP contribution in [0.15, 0.2) is 255 Å². The molecule has 5 atom stereocenters. The molecule has 0 aliphatic rings. The Morgan fingerprint density at radius 1 is 0.239 bits per heavy atom. The molecule has 0 radical (unpaired) electrons. The summed E-state index contributed by atoms with van der Waals surface area (Å²) >= 11 is 0. The fourth-order valence-corrected chi connectivity index (χ4v) is 27.8. The van der Waals surface area contributed by atoms with Crippen LogP contribution < -0.4 is 102 Å². The summed E-state index contributed by atoms with van der Waals surface area (Å²) in [5, 5.41) is 18.4. The van der Waals surface area contributed by atoms with Gasteiger partial charge in [0.2, 0.25) is 0 Å². The third-order valence-electron chi connectivity index (χ3n) is 21.9. The molecule has 138 heavy (non-hydrogen) atoms. The number of nitrogens with zero attached hydrogens (tertiary/aromatic N) is 5. The molecule has 5 unspecified atom stereocenters. The Balaban J connectivity index is 0.000000214. The second kappa shape index (κ2) is 57.9. The van der Waals surface area contributed by atoms with Crippen LogP contribution in [-0.2, 0) is 69.2 Å². The van der Waals surface area contributed by atoms with Gasteiger partial charge in [-0.25, -0.2) is 4.39 Å². The minimum Gasteiger partial charge on any atom is -0.493 e. The van der Waals surface area contributed by atoms with Gasteiger partial charge in [-0.05, 0) is 194 Å². The average Bonchev–Trinajstić information content (AvgIpc) is 0.770. The van der Waals surface area contributed by atoms with Gasteiger partial charge < -0.3 is 76.6 Å². The molecule has 0 spiro atoms. The Hall–Kier alpha value is -8.01. The van der Waals surface area contributed by atoms with Crippen molar-refractivity contribution in [2.24, 2.45) is 0 Å². The van der Waals surface area contributed by atoms with Crippen molar-refractivity contribution in [3.63, 3.8) is 0 Å². The van der Waals surface area contributed by atoms with Gasteiger partial charge in [0, 0.05) is 101 Å². The van der Waals surface area contributed by atoms with Crippen molar-refractivity contribution in [1.29, 1.82) is 0 Å². The molecule has 0 aliphatic heterocycles.